The normalized spacial score (nSPS) is 15.1. The first-order chi connectivity index (χ1) is 14.0. The molecule has 1 atom stereocenters. The molecule has 160 valence electrons. The Balaban J connectivity index is 1.86. The lowest BCUT2D eigenvalue weighted by atomic mass is 10.1. The molecule has 0 spiro atoms. The molecule has 1 aliphatic rings. The van der Waals surface area contributed by atoms with E-state index in [9.17, 15) is 31.2 Å². The number of halogens is 3. The second-order valence-corrected chi connectivity index (χ2v) is 9.35. The number of hydrogen-bond donors (Lipinski definition) is 1. The maximum Gasteiger partial charge on any atom is 0.416 e. The van der Waals surface area contributed by atoms with Crippen LogP contribution in [0.25, 0.3) is 0 Å². The molecule has 1 N–H and O–H groups in total. The quantitative estimate of drug-likeness (QED) is 0.748. The van der Waals surface area contributed by atoms with E-state index in [4.69, 9.17) is 0 Å². The van der Waals surface area contributed by atoms with Gasteiger partial charge in [0.1, 0.15) is 15.9 Å². The van der Waals surface area contributed by atoms with Crippen molar-refractivity contribution >= 4 is 27.3 Å². The van der Waals surface area contributed by atoms with Gasteiger partial charge in [-0.2, -0.15) is 13.2 Å². The number of fused-ring (bicyclic) bond motifs is 1. The average Bonchev–Trinajstić information content (AvgIpc) is 2.97. The smallest absolute Gasteiger partial charge is 0.324 e. The molecule has 2 aromatic carbocycles. The number of amides is 2. The van der Waals surface area contributed by atoms with Crippen LogP contribution in [0.2, 0.25) is 0 Å². The first kappa shape index (κ1) is 21.8. The lowest BCUT2D eigenvalue weighted by Gasteiger charge is -2.27. The van der Waals surface area contributed by atoms with Gasteiger partial charge in [0.25, 0.3) is 5.91 Å². The van der Waals surface area contributed by atoms with Crippen molar-refractivity contribution in [1.82, 2.24) is 4.90 Å². The van der Waals surface area contributed by atoms with Crippen LogP contribution in [0.3, 0.4) is 0 Å². The number of nitrogens with one attached hydrogen (secondary N) is 1. The van der Waals surface area contributed by atoms with E-state index in [1.165, 1.54) is 11.0 Å². The van der Waals surface area contributed by atoms with Gasteiger partial charge in [-0.3, -0.25) is 9.59 Å². The highest BCUT2D eigenvalue weighted by Gasteiger charge is 2.37. The van der Waals surface area contributed by atoms with Crippen LogP contribution in [-0.2, 0) is 27.4 Å². The van der Waals surface area contributed by atoms with Gasteiger partial charge in [-0.15, -0.1) is 0 Å². The summed E-state index contributed by atoms with van der Waals surface area (Å²) in [6.45, 7) is 0.111. The molecular formula is C20H19F3N2O4S. The lowest BCUT2D eigenvalue weighted by Crippen LogP contribution is -2.45. The summed E-state index contributed by atoms with van der Waals surface area (Å²) in [6.07, 6.45) is -3.75. The monoisotopic (exact) mass is 440 g/mol. The fourth-order valence-corrected chi connectivity index (χ4v) is 3.93. The first-order valence-corrected chi connectivity index (χ1v) is 11.1. The van der Waals surface area contributed by atoms with Crippen molar-refractivity contribution in [3.8, 4) is 0 Å². The number of sulfone groups is 1. The fraction of sp³-hybridized carbons (Fsp3) is 0.300. The molecule has 0 aromatic heterocycles. The first-order valence-electron chi connectivity index (χ1n) is 9.00. The Morgan fingerprint density at radius 1 is 1.17 bits per heavy atom. The van der Waals surface area contributed by atoms with E-state index in [2.05, 4.69) is 5.32 Å². The van der Waals surface area contributed by atoms with E-state index in [1.807, 2.05) is 0 Å². The van der Waals surface area contributed by atoms with E-state index in [0.29, 0.717) is 11.1 Å². The molecule has 0 saturated carbocycles. The topological polar surface area (TPSA) is 83.6 Å². The number of carbonyl (C=O) groups excluding carboxylic acids is 2. The molecule has 0 saturated heterocycles. The molecule has 30 heavy (non-hydrogen) atoms. The Bertz CT molecular complexity index is 1080. The minimum atomic E-state index is -4.58. The van der Waals surface area contributed by atoms with Crippen LogP contribution in [-0.4, -0.2) is 43.2 Å². The Labute approximate surface area is 171 Å². The number of benzene rings is 2. The van der Waals surface area contributed by atoms with Crippen molar-refractivity contribution in [1.29, 1.82) is 0 Å². The summed E-state index contributed by atoms with van der Waals surface area (Å²) < 4.78 is 62.0. The SMILES string of the molecule is CS(=O)(=O)CC[C@H](C(=O)Nc1cccc(C(F)(F)F)c1)N1Cc2ccccc2C1=O. The maximum atomic E-state index is 12.9. The minimum absolute atomic E-state index is 0.0941. The van der Waals surface area contributed by atoms with Crippen molar-refractivity contribution in [3.63, 3.8) is 0 Å². The van der Waals surface area contributed by atoms with Gasteiger partial charge in [0.05, 0.1) is 11.3 Å². The number of carbonyl (C=O) groups is 2. The highest BCUT2D eigenvalue weighted by atomic mass is 32.2. The Morgan fingerprint density at radius 3 is 2.50 bits per heavy atom. The molecule has 1 heterocycles. The van der Waals surface area contributed by atoms with E-state index in [0.717, 1.165) is 24.5 Å². The van der Waals surface area contributed by atoms with Crippen LogP contribution in [0.1, 0.15) is 27.9 Å². The van der Waals surface area contributed by atoms with Crippen molar-refractivity contribution in [3.05, 3.63) is 65.2 Å². The standard InChI is InChI=1S/C20H19F3N2O4S/c1-30(28,29)10-9-17(25-12-13-5-2-3-8-16(13)19(25)27)18(26)24-15-7-4-6-14(11-15)20(21,22)23/h2-8,11,17H,9-10,12H2,1H3,(H,24,26)/t17-/m1/s1. The summed E-state index contributed by atoms with van der Waals surface area (Å²) in [5.74, 6) is -1.53. The van der Waals surface area contributed by atoms with Crippen LogP contribution < -0.4 is 5.32 Å². The Hall–Kier alpha value is -2.88. The van der Waals surface area contributed by atoms with E-state index >= 15 is 0 Å². The summed E-state index contributed by atoms with van der Waals surface area (Å²) in [7, 11) is -3.43. The summed E-state index contributed by atoms with van der Waals surface area (Å²) in [6, 6.07) is 9.69. The molecule has 0 fully saturated rings. The Morgan fingerprint density at radius 2 is 1.87 bits per heavy atom. The van der Waals surface area contributed by atoms with Gasteiger partial charge >= 0.3 is 6.18 Å². The van der Waals surface area contributed by atoms with Crippen molar-refractivity contribution in [2.45, 2.75) is 25.2 Å². The van der Waals surface area contributed by atoms with Crippen LogP contribution in [0.4, 0.5) is 18.9 Å². The largest absolute Gasteiger partial charge is 0.416 e. The maximum absolute atomic E-state index is 12.9. The number of anilines is 1. The number of hydrogen-bond acceptors (Lipinski definition) is 4. The lowest BCUT2D eigenvalue weighted by molar-refractivity contribution is -0.137. The molecule has 10 heteroatoms. The van der Waals surface area contributed by atoms with Gasteiger partial charge in [-0.05, 0) is 36.2 Å². The number of alkyl halides is 3. The van der Waals surface area contributed by atoms with Gasteiger partial charge in [-0.1, -0.05) is 24.3 Å². The molecule has 0 unspecified atom stereocenters. The molecular weight excluding hydrogens is 421 g/mol. The third kappa shape index (κ3) is 4.99. The van der Waals surface area contributed by atoms with Gasteiger partial charge in [0.15, 0.2) is 0 Å². The molecule has 6 nitrogen and oxygen atoms in total. The molecule has 0 radical (unpaired) electrons. The molecule has 2 aromatic rings. The van der Waals surface area contributed by atoms with Gasteiger partial charge in [-0.25, -0.2) is 8.42 Å². The number of rotatable bonds is 6. The van der Waals surface area contributed by atoms with E-state index in [1.54, 1.807) is 24.3 Å². The van der Waals surface area contributed by atoms with Crippen LogP contribution in [0.15, 0.2) is 48.5 Å². The zero-order chi connectivity index (χ0) is 22.1. The predicted molar refractivity (Wildman–Crippen MR) is 105 cm³/mol. The van der Waals surface area contributed by atoms with Crippen molar-refractivity contribution in [2.24, 2.45) is 0 Å². The molecule has 2 amide bonds. The second-order valence-electron chi connectivity index (χ2n) is 7.09. The third-order valence-electron chi connectivity index (χ3n) is 4.75. The van der Waals surface area contributed by atoms with E-state index < -0.39 is 39.4 Å². The Kier molecular flexibility index (Phi) is 5.89. The van der Waals surface area contributed by atoms with E-state index in [-0.39, 0.29) is 24.4 Å². The molecule has 0 aliphatic carbocycles. The second kappa shape index (κ2) is 8.10. The fourth-order valence-electron chi connectivity index (χ4n) is 3.28. The van der Waals surface area contributed by atoms with Crippen molar-refractivity contribution in [2.75, 3.05) is 17.3 Å². The van der Waals surface area contributed by atoms with Gasteiger partial charge in [0, 0.05) is 24.1 Å². The number of nitrogens with zero attached hydrogens (tertiary/aromatic N) is 1. The average molecular weight is 440 g/mol. The minimum Gasteiger partial charge on any atom is -0.324 e. The summed E-state index contributed by atoms with van der Waals surface area (Å²) in [5, 5.41) is 2.39. The van der Waals surface area contributed by atoms with Crippen molar-refractivity contribution < 1.29 is 31.2 Å². The molecule has 1 aliphatic heterocycles. The zero-order valence-corrected chi connectivity index (χ0v) is 16.8. The van der Waals surface area contributed by atoms with Crippen LogP contribution in [0, 0.1) is 0 Å². The highest BCUT2D eigenvalue weighted by molar-refractivity contribution is 7.90. The summed E-state index contributed by atoms with van der Waals surface area (Å²) >= 11 is 0. The van der Waals surface area contributed by atoms with Crippen LogP contribution >= 0.6 is 0 Å². The molecule has 3 rings (SSSR count). The summed E-state index contributed by atoms with van der Waals surface area (Å²) in [4.78, 5) is 26.9. The van der Waals surface area contributed by atoms with Crippen LogP contribution in [0.5, 0.6) is 0 Å². The molecule has 0 bridgehead atoms. The third-order valence-corrected chi connectivity index (χ3v) is 5.72. The zero-order valence-electron chi connectivity index (χ0n) is 15.9. The predicted octanol–water partition coefficient (Wildman–Crippen LogP) is 3.10. The van der Waals surface area contributed by atoms with Gasteiger partial charge in [0.2, 0.25) is 5.91 Å². The van der Waals surface area contributed by atoms with Gasteiger partial charge < -0.3 is 10.2 Å². The summed E-state index contributed by atoms with van der Waals surface area (Å²) in [5.41, 5.74) is 0.0772. The highest BCUT2D eigenvalue weighted by Crippen LogP contribution is 2.31.